The number of hydrogen-bond donors (Lipinski definition) is 2. The van der Waals surface area contributed by atoms with E-state index >= 15 is 0 Å². The number of rotatable bonds is 4. The number of pyridine rings is 1. The maximum absolute atomic E-state index is 12.5. The molecule has 1 saturated carbocycles. The lowest BCUT2D eigenvalue weighted by molar-refractivity contribution is -0.144. The van der Waals surface area contributed by atoms with Crippen LogP contribution in [0.2, 0.25) is 0 Å². The predicted octanol–water partition coefficient (Wildman–Crippen LogP) is 0.0573. The highest BCUT2D eigenvalue weighted by atomic mass is 16.3. The van der Waals surface area contributed by atoms with Crippen molar-refractivity contribution < 1.29 is 14.7 Å². The lowest BCUT2D eigenvalue weighted by Gasteiger charge is -2.44. The van der Waals surface area contributed by atoms with E-state index < -0.39 is 11.6 Å². The van der Waals surface area contributed by atoms with Crippen molar-refractivity contribution in [3.63, 3.8) is 0 Å². The summed E-state index contributed by atoms with van der Waals surface area (Å²) in [7, 11) is 0. The molecule has 24 heavy (non-hydrogen) atoms. The van der Waals surface area contributed by atoms with Crippen LogP contribution in [0.15, 0.2) is 24.5 Å². The molecule has 130 valence electrons. The monoisotopic (exact) mass is 332 g/mol. The number of carbonyl (C=O) groups is 2. The SMILES string of the molecule is NC(=O)C1(N2CCN(C(=O)C(O)c3cccnc3)CC2)CCCC1. The quantitative estimate of drug-likeness (QED) is 0.812. The fourth-order valence-electron chi connectivity index (χ4n) is 3.89. The van der Waals surface area contributed by atoms with Gasteiger partial charge in [0.1, 0.15) is 5.54 Å². The summed E-state index contributed by atoms with van der Waals surface area (Å²) in [5, 5.41) is 10.2. The van der Waals surface area contributed by atoms with Crippen LogP contribution in [0, 0.1) is 0 Å². The molecule has 0 aromatic carbocycles. The van der Waals surface area contributed by atoms with E-state index in [4.69, 9.17) is 5.73 Å². The summed E-state index contributed by atoms with van der Waals surface area (Å²) in [4.78, 5) is 32.2. The molecule has 1 atom stereocenters. The van der Waals surface area contributed by atoms with Gasteiger partial charge in [0.25, 0.3) is 5.91 Å². The number of carbonyl (C=O) groups excluding carboxylic acids is 2. The first-order valence-electron chi connectivity index (χ1n) is 8.46. The Labute approximate surface area is 141 Å². The fourth-order valence-corrected chi connectivity index (χ4v) is 3.89. The number of aliphatic hydroxyl groups excluding tert-OH is 1. The Morgan fingerprint density at radius 3 is 2.42 bits per heavy atom. The van der Waals surface area contributed by atoms with E-state index in [-0.39, 0.29) is 11.8 Å². The number of primary amides is 1. The second-order valence-corrected chi connectivity index (χ2v) is 6.60. The lowest BCUT2D eigenvalue weighted by atomic mass is 9.93. The molecule has 3 N–H and O–H groups in total. The van der Waals surface area contributed by atoms with E-state index in [1.165, 1.54) is 6.20 Å². The van der Waals surface area contributed by atoms with Gasteiger partial charge in [-0.15, -0.1) is 0 Å². The van der Waals surface area contributed by atoms with Gasteiger partial charge < -0.3 is 15.7 Å². The van der Waals surface area contributed by atoms with E-state index in [0.717, 1.165) is 25.7 Å². The average Bonchev–Trinajstić information content (AvgIpc) is 3.12. The molecule has 2 amide bonds. The molecule has 3 rings (SSSR count). The van der Waals surface area contributed by atoms with Crippen LogP contribution in [0.5, 0.6) is 0 Å². The van der Waals surface area contributed by atoms with Gasteiger partial charge in [-0.1, -0.05) is 18.9 Å². The molecule has 7 heteroatoms. The molecule has 1 aromatic heterocycles. The van der Waals surface area contributed by atoms with Gasteiger partial charge in [-0.25, -0.2) is 0 Å². The Bertz CT molecular complexity index is 593. The largest absolute Gasteiger partial charge is 0.378 e. The molecule has 2 fully saturated rings. The number of aromatic nitrogens is 1. The summed E-state index contributed by atoms with van der Waals surface area (Å²) in [5.41, 5.74) is 5.62. The summed E-state index contributed by atoms with van der Waals surface area (Å²) in [6, 6.07) is 3.38. The molecule has 2 aliphatic rings. The van der Waals surface area contributed by atoms with Crippen molar-refractivity contribution in [3.05, 3.63) is 30.1 Å². The lowest BCUT2D eigenvalue weighted by Crippen LogP contribution is -2.62. The summed E-state index contributed by atoms with van der Waals surface area (Å²) in [6.45, 7) is 2.19. The van der Waals surface area contributed by atoms with Crippen LogP contribution in [0.4, 0.5) is 0 Å². The van der Waals surface area contributed by atoms with E-state index in [0.29, 0.717) is 31.7 Å². The number of aliphatic hydroxyl groups is 1. The topological polar surface area (TPSA) is 99.8 Å². The number of piperazine rings is 1. The van der Waals surface area contributed by atoms with E-state index in [2.05, 4.69) is 9.88 Å². The van der Waals surface area contributed by atoms with Gasteiger partial charge in [0, 0.05) is 44.1 Å². The number of nitrogens with two attached hydrogens (primary N) is 1. The third-order valence-electron chi connectivity index (χ3n) is 5.32. The third-order valence-corrected chi connectivity index (χ3v) is 5.32. The van der Waals surface area contributed by atoms with Crippen molar-refractivity contribution in [1.29, 1.82) is 0 Å². The van der Waals surface area contributed by atoms with Crippen LogP contribution < -0.4 is 5.73 Å². The van der Waals surface area contributed by atoms with Crippen molar-refractivity contribution >= 4 is 11.8 Å². The number of amides is 2. The summed E-state index contributed by atoms with van der Waals surface area (Å²) in [5.74, 6) is -0.572. The van der Waals surface area contributed by atoms with Gasteiger partial charge in [0.05, 0.1) is 0 Å². The molecular weight excluding hydrogens is 308 g/mol. The molecular formula is C17H24N4O3. The average molecular weight is 332 g/mol. The Morgan fingerprint density at radius 1 is 1.21 bits per heavy atom. The summed E-state index contributed by atoms with van der Waals surface area (Å²) >= 11 is 0. The first-order chi connectivity index (χ1) is 11.5. The highest BCUT2D eigenvalue weighted by Crippen LogP contribution is 2.35. The maximum Gasteiger partial charge on any atom is 0.256 e. The standard InChI is InChI=1S/C17H24N4O3/c18-16(24)17(5-1-2-6-17)21-10-8-20(9-11-21)15(23)14(22)13-4-3-7-19-12-13/h3-4,7,12,14,22H,1-2,5-6,8-11H2,(H2,18,24). The molecule has 1 aliphatic carbocycles. The van der Waals surface area contributed by atoms with Crippen molar-refractivity contribution in [2.75, 3.05) is 26.2 Å². The summed E-state index contributed by atoms with van der Waals surface area (Å²) < 4.78 is 0. The van der Waals surface area contributed by atoms with Crippen LogP contribution in [0.1, 0.15) is 37.4 Å². The minimum absolute atomic E-state index is 0.254. The minimum atomic E-state index is -1.19. The third kappa shape index (κ3) is 3.01. The van der Waals surface area contributed by atoms with Gasteiger partial charge in [-0.05, 0) is 18.9 Å². The molecule has 2 heterocycles. The highest BCUT2D eigenvalue weighted by molar-refractivity contribution is 5.85. The van der Waals surface area contributed by atoms with Gasteiger partial charge in [-0.3, -0.25) is 19.5 Å². The number of hydrogen-bond acceptors (Lipinski definition) is 5. The van der Waals surface area contributed by atoms with Crippen LogP contribution >= 0.6 is 0 Å². The van der Waals surface area contributed by atoms with E-state index in [1.807, 2.05) is 0 Å². The minimum Gasteiger partial charge on any atom is -0.378 e. The number of nitrogens with zero attached hydrogens (tertiary/aromatic N) is 3. The van der Waals surface area contributed by atoms with Gasteiger partial charge in [-0.2, -0.15) is 0 Å². The Kier molecular flexibility index (Phi) is 4.82. The van der Waals surface area contributed by atoms with Crippen LogP contribution in [0.25, 0.3) is 0 Å². The Hall–Kier alpha value is -1.99. The zero-order chi connectivity index (χ0) is 17.2. The maximum atomic E-state index is 12.5. The zero-order valence-corrected chi connectivity index (χ0v) is 13.7. The highest BCUT2D eigenvalue weighted by Gasteiger charge is 2.46. The molecule has 1 aliphatic heterocycles. The summed E-state index contributed by atoms with van der Waals surface area (Å²) in [6.07, 6.45) is 5.54. The molecule has 1 unspecified atom stereocenters. The second-order valence-electron chi connectivity index (χ2n) is 6.60. The van der Waals surface area contributed by atoms with Gasteiger partial charge in [0.2, 0.25) is 5.91 Å². The van der Waals surface area contributed by atoms with E-state index in [1.54, 1.807) is 23.2 Å². The van der Waals surface area contributed by atoms with Gasteiger partial charge in [0.15, 0.2) is 6.10 Å². The first-order valence-corrected chi connectivity index (χ1v) is 8.46. The van der Waals surface area contributed by atoms with Crippen molar-refractivity contribution in [2.24, 2.45) is 5.73 Å². The zero-order valence-electron chi connectivity index (χ0n) is 13.7. The molecule has 0 spiro atoms. The smallest absolute Gasteiger partial charge is 0.256 e. The van der Waals surface area contributed by atoms with Crippen LogP contribution in [-0.4, -0.2) is 63.4 Å². The predicted molar refractivity (Wildman–Crippen MR) is 87.7 cm³/mol. The van der Waals surface area contributed by atoms with Crippen LogP contribution in [-0.2, 0) is 9.59 Å². The van der Waals surface area contributed by atoms with Crippen molar-refractivity contribution in [1.82, 2.24) is 14.8 Å². The van der Waals surface area contributed by atoms with Crippen molar-refractivity contribution in [3.8, 4) is 0 Å². The normalized spacial score (nSPS) is 22.3. The fraction of sp³-hybridized carbons (Fsp3) is 0.588. The molecule has 1 aromatic rings. The first kappa shape index (κ1) is 16.9. The second kappa shape index (κ2) is 6.86. The van der Waals surface area contributed by atoms with E-state index in [9.17, 15) is 14.7 Å². The van der Waals surface area contributed by atoms with Crippen LogP contribution in [0.3, 0.4) is 0 Å². The van der Waals surface area contributed by atoms with Gasteiger partial charge >= 0.3 is 0 Å². The molecule has 0 radical (unpaired) electrons. The molecule has 1 saturated heterocycles. The Balaban J connectivity index is 1.62. The Morgan fingerprint density at radius 2 is 1.88 bits per heavy atom. The van der Waals surface area contributed by atoms with Crippen molar-refractivity contribution in [2.45, 2.75) is 37.3 Å². The molecule has 7 nitrogen and oxygen atoms in total. The molecule has 0 bridgehead atoms.